The minimum absolute atomic E-state index is 0.626. The van der Waals surface area contributed by atoms with Gasteiger partial charge in [0.05, 0.1) is 24.2 Å². The molecule has 0 amide bonds. The van der Waals surface area contributed by atoms with Gasteiger partial charge in [0.1, 0.15) is 0 Å². The van der Waals surface area contributed by atoms with Gasteiger partial charge in [-0.1, -0.05) is 24.3 Å². The van der Waals surface area contributed by atoms with Crippen LogP contribution in [0, 0.1) is 0 Å². The minimum atomic E-state index is 0.626. The first-order valence-corrected chi connectivity index (χ1v) is 5.08. The average Bonchev–Trinajstić information content (AvgIpc) is 2.61. The highest BCUT2D eigenvalue weighted by atomic mass is 16.5. The van der Waals surface area contributed by atoms with Crippen molar-refractivity contribution in [3.8, 4) is 11.3 Å². The van der Waals surface area contributed by atoms with Gasteiger partial charge in [-0.2, -0.15) is 5.10 Å². The molecule has 0 spiro atoms. The quantitative estimate of drug-likeness (QED) is 0.853. The molecule has 84 valence electrons. The molecule has 0 radical (unpaired) electrons. The number of anilines is 1. The van der Waals surface area contributed by atoms with Crippen LogP contribution in [0.5, 0.6) is 0 Å². The highest BCUT2D eigenvalue weighted by Gasteiger charge is 2.07. The van der Waals surface area contributed by atoms with Crippen LogP contribution in [0.15, 0.2) is 30.5 Å². The molecule has 1 aromatic carbocycles. The van der Waals surface area contributed by atoms with E-state index in [0.29, 0.717) is 12.3 Å². The van der Waals surface area contributed by atoms with Crippen molar-refractivity contribution < 1.29 is 4.74 Å². The summed E-state index contributed by atoms with van der Waals surface area (Å²) in [5.74, 6) is 0. The maximum Gasteiger partial charge on any atom is 0.0908 e. The number of hydrogen-bond acceptors (Lipinski definition) is 3. The van der Waals surface area contributed by atoms with Crippen LogP contribution in [-0.4, -0.2) is 16.9 Å². The number of hydrogen-bond donors (Lipinski definition) is 1. The summed E-state index contributed by atoms with van der Waals surface area (Å²) >= 11 is 0. The van der Waals surface area contributed by atoms with E-state index in [1.807, 2.05) is 31.3 Å². The molecule has 4 heteroatoms. The number of aryl methyl sites for hydroxylation is 1. The van der Waals surface area contributed by atoms with Crippen molar-refractivity contribution in [2.45, 2.75) is 6.61 Å². The third-order valence-corrected chi connectivity index (χ3v) is 2.51. The normalized spacial score (nSPS) is 10.6. The summed E-state index contributed by atoms with van der Waals surface area (Å²) in [5.41, 5.74) is 9.72. The van der Waals surface area contributed by atoms with Crippen molar-refractivity contribution in [2.24, 2.45) is 7.05 Å². The molecule has 1 heterocycles. The fourth-order valence-corrected chi connectivity index (χ4v) is 1.73. The zero-order chi connectivity index (χ0) is 11.5. The Morgan fingerprint density at radius 1 is 1.31 bits per heavy atom. The number of aromatic nitrogens is 2. The lowest BCUT2D eigenvalue weighted by atomic mass is 10.1. The molecule has 0 fully saturated rings. The first kappa shape index (κ1) is 10.7. The molecule has 16 heavy (non-hydrogen) atoms. The summed E-state index contributed by atoms with van der Waals surface area (Å²) in [5, 5.41) is 4.12. The van der Waals surface area contributed by atoms with Crippen LogP contribution in [0.25, 0.3) is 11.3 Å². The summed E-state index contributed by atoms with van der Waals surface area (Å²) in [4.78, 5) is 0. The number of nitrogens with zero attached hydrogens (tertiary/aromatic N) is 2. The Morgan fingerprint density at radius 2 is 2.00 bits per heavy atom. The van der Waals surface area contributed by atoms with Gasteiger partial charge in [-0.05, 0) is 5.56 Å². The van der Waals surface area contributed by atoms with Gasteiger partial charge in [-0.3, -0.25) is 4.68 Å². The van der Waals surface area contributed by atoms with Crippen LogP contribution in [0.4, 0.5) is 5.69 Å². The number of nitrogens with two attached hydrogens (primary N) is 1. The van der Waals surface area contributed by atoms with Gasteiger partial charge in [0.15, 0.2) is 0 Å². The number of nitrogen functional groups attached to an aromatic ring is 1. The van der Waals surface area contributed by atoms with Crippen molar-refractivity contribution in [3.63, 3.8) is 0 Å². The van der Waals surface area contributed by atoms with Crippen LogP contribution >= 0.6 is 0 Å². The number of rotatable bonds is 3. The third kappa shape index (κ3) is 1.92. The summed E-state index contributed by atoms with van der Waals surface area (Å²) < 4.78 is 6.84. The van der Waals surface area contributed by atoms with Crippen molar-refractivity contribution in [2.75, 3.05) is 12.8 Å². The fourth-order valence-electron chi connectivity index (χ4n) is 1.73. The zero-order valence-electron chi connectivity index (χ0n) is 9.47. The minimum Gasteiger partial charge on any atom is -0.396 e. The molecular formula is C12H15N3O. The third-order valence-electron chi connectivity index (χ3n) is 2.51. The van der Waals surface area contributed by atoms with Gasteiger partial charge in [0.2, 0.25) is 0 Å². The van der Waals surface area contributed by atoms with Crippen molar-refractivity contribution >= 4 is 5.69 Å². The number of benzene rings is 1. The van der Waals surface area contributed by atoms with E-state index >= 15 is 0 Å². The van der Waals surface area contributed by atoms with E-state index in [1.165, 1.54) is 0 Å². The Morgan fingerprint density at radius 3 is 2.50 bits per heavy atom. The predicted octanol–water partition coefficient (Wildman–Crippen LogP) is 1.82. The number of methoxy groups -OCH3 is 1. The second-order valence-corrected chi connectivity index (χ2v) is 3.70. The lowest BCUT2D eigenvalue weighted by Crippen LogP contribution is -1.96. The molecule has 0 aliphatic rings. The van der Waals surface area contributed by atoms with E-state index in [0.717, 1.165) is 16.8 Å². The molecule has 2 N–H and O–H groups in total. The smallest absolute Gasteiger partial charge is 0.0908 e. The van der Waals surface area contributed by atoms with Gasteiger partial charge in [-0.25, -0.2) is 0 Å². The molecule has 0 bridgehead atoms. The summed E-state index contributed by atoms with van der Waals surface area (Å²) in [6.07, 6.45) is 1.67. The molecule has 4 nitrogen and oxygen atoms in total. The van der Waals surface area contributed by atoms with Crippen molar-refractivity contribution in [1.82, 2.24) is 9.78 Å². The maximum atomic E-state index is 5.86. The average molecular weight is 217 g/mol. The Labute approximate surface area is 94.6 Å². The second kappa shape index (κ2) is 4.37. The van der Waals surface area contributed by atoms with E-state index in [1.54, 1.807) is 18.0 Å². The molecule has 1 aromatic heterocycles. The first-order chi connectivity index (χ1) is 7.72. The zero-order valence-corrected chi connectivity index (χ0v) is 9.47. The van der Waals surface area contributed by atoms with E-state index < -0.39 is 0 Å². The molecule has 2 rings (SSSR count). The number of ether oxygens (including phenoxy) is 1. The van der Waals surface area contributed by atoms with Crippen LogP contribution in [0.3, 0.4) is 0 Å². The summed E-state index contributed by atoms with van der Waals surface area (Å²) in [6.45, 7) is 0.626. The standard InChI is InChI=1S/C12H15N3O/c1-15-12(11(13)7-14-15)10-5-3-9(4-6-10)8-16-2/h3-7H,8,13H2,1-2H3. The monoisotopic (exact) mass is 217 g/mol. The maximum absolute atomic E-state index is 5.86. The molecule has 0 aliphatic carbocycles. The SMILES string of the molecule is COCc1ccc(-c2c(N)cnn2C)cc1. The first-order valence-electron chi connectivity index (χ1n) is 5.08. The van der Waals surface area contributed by atoms with E-state index in [9.17, 15) is 0 Å². The van der Waals surface area contributed by atoms with Crippen LogP contribution < -0.4 is 5.73 Å². The molecule has 0 saturated carbocycles. The van der Waals surface area contributed by atoms with E-state index in [4.69, 9.17) is 10.5 Å². The Balaban J connectivity index is 2.35. The molecule has 2 aromatic rings. The molecule has 0 unspecified atom stereocenters. The Hall–Kier alpha value is -1.81. The predicted molar refractivity (Wildman–Crippen MR) is 63.8 cm³/mol. The van der Waals surface area contributed by atoms with Crippen LogP contribution in [0.2, 0.25) is 0 Å². The van der Waals surface area contributed by atoms with E-state index in [2.05, 4.69) is 5.10 Å². The fraction of sp³-hybridized carbons (Fsp3) is 0.250. The highest BCUT2D eigenvalue weighted by molar-refractivity contribution is 5.72. The highest BCUT2D eigenvalue weighted by Crippen LogP contribution is 2.25. The van der Waals surface area contributed by atoms with Gasteiger partial charge in [0.25, 0.3) is 0 Å². The van der Waals surface area contributed by atoms with E-state index in [-0.39, 0.29) is 0 Å². The lowest BCUT2D eigenvalue weighted by Gasteiger charge is -2.05. The van der Waals surface area contributed by atoms with Crippen molar-refractivity contribution in [1.29, 1.82) is 0 Å². The van der Waals surface area contributed by atoms with Gasteiger partial charge in [-0.15, -0.1) is 0 Å². The van der Waals surface area contributed by atoms with Crippen LogP contribution in [-0.2, 0) is 18.4 Å². The second-order valence-electron chi connectivity index (χ2n) is 3.70. The summed E-state index contributed by atoms with van der Waals surface area (Å²) in [6, 6.07) is 8.12. The molecule has 0 saturated heterocycles. The topological polar surface area (TPSA) is 53.1 Å². The molecule has 0 aliphatic heterocycles. The Bertz CT molecular complexity index is 454. The van der Waals surface area contributed by atoms with Crippen LogP contribution in [0.1, 0.15) is 5.56 Å². The largest absolute Gasteiger partial charge is 0.396 e. The van der Waals surface area contributed by atoms with Crippen molar-refractivity contribution in [3.05, 3.63) is 36.0 Å². The molecule has 0 atom stereocenters. The Kier molecular flexibility index (Phi) is 2.92. The molecular weight excluding hydrogens is 202 g/mol. The van der Waals surface area contributed by atoms with Gasteiger partial charge in [0, 0.05) is 19.7 Å². The summed E-state index contributed by atoms with van der Waals surface area (Å²) in [7, 11) is 3.57. The lowest BCUT2D eigenvalue weighted by molar-refractivity contribution is 0.185. The van der Waals surface area contributed by atoms with Gasteiger partial charge >= 0.3 is 0 Å². The van der Waals surface area contributed by atoms with Gasteiger partial charge < -0.3 is 10.5 Å².